The fraction of sp³-hybridized carbons (Fsp3) is 0.375. The van der Waals surface area contributed by atoms with Crippen LogP contribution in [-0.2, 0) is 13.2 Å². The molecular weight excluding hydrogens is 309 g/mol. The van der Waals surface area contributed by atoms with Gasteiger partial charge in [0.05, 0.1) is 16.3 Å². The summed E-state index contributed by atoms with van der Waals surface area (Å²) in [7, 11) is 0. The second-order valence-electron chi connectivity index (χ2n) is 5.31. The predicted molar refractivity (Wildman–Crippen MR) is 86.0 cm³/mol. The van der Waals surface area contributed by atoms with Crippen molar-refractivity contribution in [2.45, 2.75) is 27.0 Å². The highest BCUT2D eigenvalue weighted by Gasteiger charge is 2.05. The number of halogens is 2. The predicted octanol–water partition coefficient (Wildman–Crippen LogP) is 4.91. The Labute approximate surface area is 135 Å². The molecule has 0 unspecified atom stereocenters. The summed E-state index contributed by atoms with van der Waals surface area (Å²) >= 11 is 11.8. The molecule has 2 rings (SSSR count). The molecule has 1 heterocycles. The standard InChI is InChI=1S/C16H19Cl2NO2/c1-11(2)7-19-8-12-5-14(20-9-12)10-21-13-3-4-15(17)16(18)6-13/h3-6,9,11,19H,7-8,10H2,1-2H3. The minimum Gasteiger partial charge on any atom is -0.486 e. The van der Waals surface area contributed by atoms with Gasteiger partial charge in [0.15, 0.2) is 0 Å². The molecule has 1 aromatic heterocycles. The lowest BCUT2D eigenvalue weighted by Gasteiger charge is -2.05. The summed E-state index contributed by atoms with van der Waals surface area (Å²) in [6.45, 7) is 6.51. The summed E-state index contributed by atoms with van der Waals surface area (Å²) in [6.07, 6.45) is 1.75. The van der Waals surface area contributed by atoms with Gasteiger partial charge in [-0.25, -0.2) is 0 Å². The average molecular weight is 328 g/mol. The van der Waals surface area contributed by atoms with Crippen LogP contribution in [0, 0.1) is 5.92 Å². The zero-order valence-corrected chi connectivity index (χ0v) is 13.7. The van der Waals surface area contributed by atoms with Gasteiger partial charge in [0, 0.05) is 18.2 Å². The van der Waals surface area contributed by atoms with Crippen molar-refractivity contribution in [3.63, 3.8) is 0 Å². The summed E-state index contributed by atoms with van der Waals surface area (Å²) in [4.78, 5) is 0. The van der Waals surface area contributed by atoms with Crippen LogP contribution in [0.2, 0.25) is 10.0 Å². The van der Waals surface area contributed by atoms with Crippen molar-refractivity contribution in [1.82, 2.24) is 5.32 Å². The van der Waals surface area contributed by atoms with Gasteiger partial charge in [-0.05, 0) is 30.7 Å². The number of hydrogen-bond donors (Lipinski definition) is 1. The molecule has 0 saturated heterocycles. The van der Waals surface area contributed by atoms with Crippen LogP contribution < -0.4 is 10.1 Å². The largest absolute Gasteiger partial charge is 0.486 e. The van der Waals surface area contributed by atoms with Crippen molar-refractivity contribution in [2.24, 2.45) is 5.92 Å². The van der Waals surface area contributed by atoms with E-state index in [1.165, 1.54) is 0 Å². The molecule has 0 aliphatic heterocycles. The van der Waals surface area contributed by atoms with E-state index >= 15 is 0 Å². The molecule has 0 saturated carbocycles. The maximum Gasteiger partial charge on any atom is 0.146 e. The van der Waals surface area contributed by atoms with Gasteiger partial charge in [-0.15, -0.1) is 0 Å². The molecule has 0 fully saturated rings. The second kappa shape index (κ2) is 7.74. The van der Waals surface area contributed by atoms with Gasteiger partial charge in [0.1, 0.15) is 18.1 Å². The Bertz CT molecular complexity index is 581. The van der Waals surface area contributed by atoms with Crippen LogP contribution in [0.4, 0.5) is 0 Å². The maximum atomic E-state index is 5.94. The van der Waals surface area contributed by atoms with E-state index in [4.69, 9.17) is 32.4 Å². The lowest BCUT2D eigenvalue weighted by molar-refractivity contribution is 0.270. The molecule has 5 heteroatoms. The van der Waals surface area contributed by atoms with E-state index < -0.39 is 0 Å². The van der Waals surface area contributed by atoms with Crippen molar-refractivity contribution in [1.29, 1.82) is 0 Å². The lowest BCUT2D eigenvalue weighted by atomic mass is 10.2. The monoisotopic (exact) mass is 327 g/mol. The number of benzene rings is 1. The third kappa shape index (κ3) is 5.27. The molecule has 3 nitrogen and oxygen atoms in total. The molecule has 1 aromatic carbocycles. The van der Waals surface area contributed by atoms with Crippen LogP contribution >= 0.6 is 23.2 Å². The Morgan fingerprint density at radius 1 is 1.19 bits per heavy atom. The topological polar surface area (TPSA) is 34.4 Å². The smallest absolute Gasteiger partial charge is 0.146 e. The summed E-state index contributed by atoms with van der Waals surface area (Å²) in [5.74, 6) is 2.08. The molecular formula is C16H19Cl2NO2. The van der Waals surface area contributed by atoms with Crippen molar-refractivity contribution < 1.29 is 9.15 Å². The number of rotatable bonds is 7. The first-order valence-corrected chi connectivity index (χ1v) is 7.65. The van der Waals surface area contributed by atoms with Crippen LogP contribution in [0.3, 0.4) is 0 Å². The van der Waals surface area contributed by atoms with Crippen molar-refractivity contribution >= 4 is 23.2 Å². The van der Waals surface area contributed by atoms with Crippen LogP contribution in [-0.4, -0.2) is 6.54 Å². The van der Waals surface area contributed by atoms with Gasteiger partial charge in [0.25, 0.3) is 0 Å². The quantitative estimate of drug-likeness (QED) is 0.784. The van der Waals surface area contributed by atoms with Crippen LogP contribution in [0.15, 0.2) is 34.9 Å². The molecule has 0 aliphatic rings. The van der Waals surface area contributed by atoms with E-state index in [0.29, 0.717) is 28.3 Å². The van der Waals surface area contributed by atoms with Gasteiger partial charge < -0.3 is 14.5 Å². The highest BCUT2D eigenvalue weighted by Crippen LogP contribution is 2.26. The number of furan rings is 1. The maximum absolute atomic E-state index is 5.94. The van der Waals surface area contributed by atoms with Gasteiger partial charge in [-0.3, -0.25) is 0 Å². The van der Waals surface area contributed by atoms with E-state index in [0.717, 1.165) is 24.4 Å². The lowest BCUT2D eigenvalue weighted by Crippen LogP contribution is -2.18. The van der Waals surface area contributed by atoms with E-state index in [1.807, 2.05) is 6.07 Å². The third-order valence-corrected chi connectivity index (χ3v) is 3.60. The third-order valence-electron chi connectivity index (χ3n) is 2.86. The highest BCUT2D eigenvalue weighted by molar-refractivity contribution is 6.42. The Balaban J connectivity index is 1.83. The van der Waals surface area contributed by atoms with Crippen LogP contribution in [0.1, 0.15) is 25.2 Å². The molecule has 0 aliphatic carbocycles. The minimum atomic E-state index is 0.363. The zero-order valence-electron chi connectivity index (χ0n) is 12.2. The number of ether oxygens (including phenoxy) is 1. The first kappa shape index (κ1) is 16.2. The summed E-state index contributed by atoms with van der Waals surface area (Å²) in [5.41, 5.74) is 1.11. The molecule has 1 N–H and O–H groups in total. The zero-order chi connectivity index (χ0) is 15.2. The Morgan fingerprint density at radius 3 is 2.71 bits per heavy atom. The Morgan fingerprint density at radius 2 is 2.00 bits per heavy atom. The van der Waals surface area contributed by atoms with E-state index in [9.17, 15) is 0 Å². The molecule has 0 amide bonds. The van der Waals surface area contributed by atoms with Crippen LogP contribution in [0.25, 0.3) is 0 Å². The summed E-state index contributed by atoms with van der Waals surface area (Å²) in [5, 5.41) is 4.36. The van der Waals surface area contributed by atoms with Gasteiger partial charge >= 0.3 is 0 Å². The summed E-state index contributed by atoms with van der Waals surface area (Å²) < 4.78 is 11.1. The number of nitrogens with one attached hydrogen (secondary N) is 1. The Hall–Kier alpha value is -1.16. The fourth-order valence-corrected chi connectivity index (χ4v) is 2.11. The summed E-state index contributed by atoms with van der Waals surface area (Å²) in [6, 6.07) is 7.17. The van der Waals surface area contributed by atoms with Gasteiger partial charge in [-0.1, -0.05) is 37.0 Å². The first-order chi connectivity index (χ1) is 10.0. The molecule has 0 bridgehead atoms. The SMILES string of the molecule is CC(C)CNCc1coc(COc2ccc(Cl)c(Cl)c2)c1. The normalized spacial score (nSPS) is 11.1. The van der Waals surface area contributed by atoms with E-state index in [2.05, 4.69) is 19.2 Å². The van der Waals surface area contributed by atoms with E-state index in [1.54, 1.807) is 24.5 Å². The molecule has 0 atom stereocenters. The fourth-order valence-electron chi connectivity index (χ4n) is 1.82. The van der Waals surface area contributed by atoms with Crippen molar-refractivity contribution in [3.05, 3.63) is 51.9 Å². The highest BCUT2D eigenvalue weighted by atomic mass is 35.5. The van der Waals surface area contributed by atoms with Crippen molar-refractivity contribution in [3.8, 4) is 5.75 Å². The Kier molecular flexibility index (Phi) is 5.97. The van der Waals surface area contributed by atoms with E-state index in [-0.39, 0.29) is 0 Å². The molecule has 114 valence electrons. The molecule has 21 heavy (non-hydrogen) atoms. The molecule has 0 spiro atoms. The second-order valence-corrected chi connectivity index (χ2v) is 6.13. The number of hydrogen-bond acceptors (Lipinski definition) is 3. The molecule has 0 radical (unpaired) electrons. The van der Waals surface area contributed by atoms with Crippen molar-refractivity contribution in [2.75, 3.05) is 6.54 Å². The minimum absolute atomic E-state index is 0.363. The molecule has 2 aromatic rings. The van der Waals surface area contributed by atoms with Crippen LogP contribution in [0.5, 0.6) is 5.75 Å². The van der Waals surface area contributed by atoms with Gasteiger partial charge in [-0.2, -0.15) is 0 Å². The average Bonchev–Trinajstić information content (AvgIpc) is 2.88. The first-order valence-electron chi connectivity index (χ1n) is 6.89. The van der Waals surface area contributed by atoms with Gasteiger partial charge in [0.2, 0.25) is 0 Å².